The molecule has 1 amide bonds. The van der Waals surface area contributed by atoms with Crippen molar-refractivity contribution in [3.63, 3.8) is 0 Å². The second kappa shape index (κ2) is 10.1. The molecule has 1 aromatic heterocycles. The van der Waals surface area contributed by atoms with Gasteiger partial charge in [-0.05, 0) is 33.5 Å². The minimum Gasteiger partial charge on any atom is -0.354 e. The first-order valence-corrected chi connectivity index (χ1v) is 7.62. The van der Waals surface area contributed by atoms with E-state index in [4.69, 9.17) is 0 Å². The van der Waals surface area contributed by atoms with Crippen LogP contribution in [-0.4, -0.2) is 54.5 Å². The largest absolute Gasteiger partial charge is 0.354 e. The highest BCUT2D eigenvalue weighted by Crippen LogP contribution is 2.01. The number of rotatable bonds is 10. The Kier molecular flexibility index (Phi) is 8.35. The monoisotopic (exact) mass is 293 g/mol. The number of nitrogens with zero attached hydrogens (tertiary/aromatic N) is 3. The Balaban J connectivity index is 2.30. The summed E-state index contributed by atoms with van der Waals surface area (Å²) in [4.78, 5) is 22.3. The Morgan fingerprint density at radius 3 is 2.48 bits per heavy atom. The quantitative estimate of drug-likeness (QED) is 0.643. The van der Waals surface area contributed by atoms with Crippen LogP contribution in [0.25, 0.3) is 0 Å². The number of unbranched alkanes of at least 4 members (excludes halogenated alkanes) is 2. The van der Waals surface area contributed by atoms with Gasteiger partial charge in [-0.15, -0.1) is 0 Å². The lowest BCUT2D eigenvalue weighted by Gasteiger charge is -2.10. The highest BCUT2D eigenvalue weighted by atomic mass is 16.1. The van der Waals surface area contributed by atoms with Crippen LogP contribution in [0.1, 0.15) is 43.0 Å². The summed E-state index contributed by atoms with van der Waals surface area (Å²) in [5.41, 5.74) is 0.505. The molecule has 1 rings (SSSR count). The maximum atomic E-state index is 11.8. The SMILES string of the molecule is CCCCCNC(=O)c1cnc(NCCCN(C)C)nc1. The molecule has 118 valence electrons. The summed E-state index contributed by atoms with van der Waals surface area (Å²) in [5.74, 6) is 0.460. The Morgan fingerprint density at radius 1 is 1.14 bits per heavy atom. The van der Waals surface area contributed by atoms with Crippen LogP contribution >= 0.6 is 0 Å². The molecule has 0 radical (unpaired) electrons. The molecule has 0 fully saturated rings. The third-order valence-electron chi connectivity index (χ3n) is 3.05. The lowest BCUT2D eigenvalue weighted by Crippen LogP contribution is -2.24. The molecule has 1 aromatic rings. The number of anilines is 1. The van der Waals surface area contributed by atoms with Gasteiger partial charge in [-0.25, -0.2) is 9.97 Å². The van der Waals surface area contributed by atoms with Crippen molar-refractivity contribution in [3.05, 3.63) is 18.0 Å². The van der Waals surface area contributed by atoms with Gasteiger partial charge in [0.1, 0.15) is 0 Å². The van der Waals surface area contributed by atoms with Crippen molar-refractivity contribution < 1.29 is 4.79 Å². The predicted molar refractivity (Wildman–Crippen MR) is 85.6 cm³/mol. The van der Waals surface area contributed by atoms with Gasteiger partial charge in [-0.2, -0.15) is 0 Å². The fourth-order valence-corrected chi connectivity index (χ4v) is 1.81. The Morgan fingerprint density at radius 2 is 1.86 bits per heavy atom. The molecule has 0 aliphatic rings. The van der Waals surface area contributed by atoms with Crippen LogP contribution < -0.4 is 10.6 Å². The van der Waals surface area contributed by atoms with E-state index < -0.39 is 0 Å². The van der Waals surface area contributed by atoms with Gasteiger partial charge in [0, 0.05) is 25.5 Å². The van der Waals surface area contributed by atoms with Gasteiger partial charge in [0.2, 0.25) is 5.95 Å². The van der Waals surface area contributed by atoms with Crippen molar-refractivity contribution in [1.82, 2.24) is 20.2 Å². The Hall–Kier alpha value is -1.69. The van der Waals surface area contributed by atoms with Gasteiger partial charge in [0.05, 0.1) is 5.56 Å². The highest BCUT2D eigenvalue weighted by Gasteiger charge is 2.06. The first kappa shape index (κ1) is 17.4. The minimum atomic E-state index is -0.106. The van der Waals surface area contributed by atoms with Crippen molar-refractivity contribution in [3.8, 4) is 0 Å². The van der Waals surface area contributed by atoms with E-state index in [9.17, 15) is 4.79 Å². The van der Waals surface area contributed by atoms with Gasteiger partial charge in [-0.1, -0.05) is 19.8 Å². The van der Waals surface area contributed by atoms with E-state index in [2.05, 4.69) is 32.4 Å². The van der Waals surface area contributed by atoms with Crippen LogP contribution in [0.3, 0.4) is 0 Å². The number of hydrogen-bond donors (Lipinski definition) is 2. The molecule has 0 unspecified atom stereocenters. The number of amides is 1. The zero-order valence-electron chi connectivity index (χ0n) is 13.4. The molecular weight excluding hydrogens is 266 g/mol. The fourth-order valence-electron chi connectivity index (χ4n) is 1.81. The van der Waals surface area contributed by atoms with Crippen molar-refractivity contribution in [2.24, 2.45) is 0 Å². The van der Waals surface area contributed by atoms with Crippen LogP contribution in [0.5, 0.6) is 0 Å². The average Bonchev–Trinajstić information content (AvgIpc) is 2.48. The molecule has 6 nitrogen and oxygen atoms in total. The van der Waals surface area contributed by atoms with Gasteiger partial charge in [0.25, 0.3) is 5.91 Å². The Labute approximate surface area is 127 Å². The molecule has 1 heterocycles. The van der Waals surface area contributed by atoms with E-state index in [-0.39, 0.29) is 5.91 Å². The van der Waals surface area contributed by atoms with E-state index in [1.165, 1.54) is 0 Å². The molecule has 0 atom stereocenters. The molecule has 0 aliphatic heterocycles. The predicted octanol–water partition coefficient (Wildman–Crippen LogP) is 1.76. The van der Waals surface area contributed by atoms with Crippen LogP contribution in [0.2, 0.25) is 0 Å². The summed E-state index contributed by atoms with van der Waals surface area (Å²) in [6, 6.07) is 0. The third-order valence-corrected chi connectivity index (χ3v) is 3.05. The molecule has 0 aromatic carbocycles. The number of carbonyl (C=O) groups excluding carboxylic acids is 1. The fraction of sp³-hybridized carbons (Fsp3) is 0.667. The number of aromatic nitrogens is 2. The summed E-state index contributed by atoms with van der Waals surface area (Å²) < 4.78 is 0. The minimum absolute atomic E-state index is 0.106. The molecule has 0 spiro atoms. The number of hydrogen-bond acceptors (Lipinski definition) is 5. The summed E-state index contributed by atoms with van der Waals surface area (Å²) in [7, 11) is 4.09. The molecule has 0 bridgehead atoms. The molecule has 6 heteroatoms. The van der Waals surface area contributed by atoms with Crippen molar-refractivity contribution in [1.29, 1.82) is 0 Å². The third kappa shape index (κ3) is 7.60. The molecule has 21 heavy (non-hydrogen) atoms. The summed E-state index contributed by atoms with van der Waals surface area (Å²) in [6.07, 6.45) is 7.44. The van der Waals surface area contributed by atoms with E-state index >= 15 is 0 Å². The first-order valence-electron chi connectivity index (χ1n) is 7.62. The maximum absolute atomic E-state index is 11.8. The number of carbonyl (C=O) groups is 1. The smallest absolute Gasteiger partial charge is 0.254 e. The molecule has 2 N–H and O–H groups in total. The normalized spacial score (nSPS) is 10.7. The van der Waals surface area contributed by atoms with Gasteiger partial charge < -0.3 is 15.5 Å². The van der Waals surface area contributed by atoms with Crippen LogP contribution in [0.4, 0.5) is 5.95 Å². The van der Waals surface area contributed by atoms with E-state index in [0.717, 1.165) is 38.8 Å². The Bertz CT molecular complexity index is 405. The zero-order valence-corrected chi connectivity index (χ0v) is 13.4. The molecule has 0 saturated carbocycles. The topological polar surface area (TPSA) is 70.2 Å². The van der Waals surface area contributed by atoms with E-state index in [1.54, 1.807) is 12.4 Å². The average molecular weight is 293 g/mol. The van der Waals surface area contributed by atoms with Crippen LogP contribution in [-0.2, 0) is 0 Å². The summed E-state index contributed by atoms with van der Waals surface area (Å²) in [5, 5.41) is 6.02. The summed E-state index contributed by atoms with van der Waals surface area (Å²) >= 11 is 0. The van der Waals surface area contributed by atoms with E-state index in [0.29, 0.717) is 18.1 Å². The molecular formula is C15H27N5O. The molecule has 0 aliphatic carbocycles. The molecule has 0 saturated heterocycles. The lowest BCUT2D eigenvalue weighted by atomic mass is 10.2. The van der Waals surface area contributed by atoms with Gasteiger partial charge in [0.15, 0.2) is 0 Å². The van der Waals surface area contributed by atoms with Gasteiger partial charge >= 0.3 is 0 Å². The first-order chi connectivity index (χ1) is 10.1. The second-order valence-electron chi connectivity index (χ2n) is 5.34. The lowest BCUT2D eigenvalue weighted by molar-refractivity contribution is 0.0952. The van der Waals surface area contributed by atoms with E-state index in [1.807, 2.05) is 14.1 Å². The standard InChI is InChI=1S/C15H27N5O/c1-4-5-6-8-16-14(21)13-11-18-15(19-12-13)17-9-7-10-20(2)3/h11-12H,4-10H2,1-3H3,(H,16,21)(H,17,18,19). The van der Waals surface area contributed by atoms with Gasteiger partial charge in [-0.3, -0.25) is 4.79 Å². The number of nitrogens with one attached hydrogen (secondary N) is 2. The van der Waals surface area contributed by atoms with Crippen molar-refractivity contribution in [2.45, 2.75) is 32.6 Å². The van der Waals surface area contributed by atoms with Crippen LogP contribution in [0.15, 0.2) is 12.4 Å². The van der Waals surface area contributed by atoms with Crippen molar-refractivity contribution >= 4 is 11.9 Å². The summed E-state index contributed by atoms with van der Waals surface area (Å²) in [6.45, 7) is 4.68. The maximum Gasteiger partial charge on any atom is 0.254 e. The zero-order chi connectivity index (χ0) is 15.5. The highest BCUT2D eigenvalue weighted by molar-refractivity contribution is 5.93. The van der Waals surface area contributed by atoms with Crippen molar-refractivity contribution in [2.75, 3.05) is 39.0 Å². The van der Waals surface area contributed by atoms with Crippen LogP contribution in [0, 0.1) is 0 Å². The second-order valence-corrected chi connectivity index (χ2v) is 5.34.